The van der Waals surface area contributed by atoms with Gasteiger partial charge in [-0.15, -0.1) is 11.3 Å². The van der Waals surface area contributed by atoms with Gasteiger partial charge in [-0.05, 0) is 29.8 Å². The molecule has 5 rings (SSSR count). The number of hydrogen-bond acceptors (Lipinski definition) is 6. The van der Waals surface area contributed by atoms with Crippen molar-refractivity contribution in [2.75, 3.05) is 43.1 Å². The van der Waals surface area contributed by atoms with Crippen LogP contribution in [0.2, 0.25) is 5.02 Å². The van der Waals surface area contributed by atoms with Crippen molar-refractivity contribution in [3.8, 4) is 16.9 Å². The Morgan fingerprint density at radius 3 is 2.43 bits per heavy atom. The Morgan fingerprint density at radius 2 is 1.67 bits per heavy atom. The molecule has 152 valence electrons. The fourth-order valence-corrected chi connectivity index (χ4v) is 5.03. The number of methoxy groups -OCH3 is 1. The lowest BCUT2D eigenvalue weighted by molar-refractivity contribution is 0.413. The summed E-state index contributed by atoms with van der Waals surface area (Å²) in [5.74, 6) is 1.92. The zero-order valence-electron chi connectivity index (χ0n) is 16.6. The van der Waals surface area contributed by atoms with Gasteiger partial charge in [0.15, 0.2) is 0 Å². The second kappa shape index (κ2) is 8.13. The van der Waals surface area contributed by atoms with Crippen molar-refractivity contribution in [2.45, 2.75) is 0 Å². The molecule has 1 aliphatic rings. The Balaban J connectivity index is 1.45. The molecule has 0 N–H and O–H groups in total. The number of aromatic nitrogens is 2. The van der Waals surface area contributed by atoms with Crippen LogP contribution in [-0.2, 0) is 0 Å². The van der Waals surface area contributed by atoms with Crippen molar-refractivity contribution < 1.29 is 4.74 Å². The molecule has 30 heavy (non-hydrogen) atoms. The summed E-state index contributed by atoms with van der Waals surface area (Å²) < 4.78 is 5.55. The first-order chi connectivity index (χ1) is 14.7. The van der Waals surface area contributed by atoms with E-state index in [-0.39, 0.29) is 0 Å². The predicted molar refractivity (Wildman–Crippen MR) is 125 cm³/mol. The van der Waals surface area contributed by atoms with E-state index in [0.717, 1.165) is 69.8 Å². The highest BCUT2D eigenvalue weighted by Crippen LogP contribution is 2.38. The van der Waals surface area contributed by atoms with E-state index in [1.807, 2.05) is 24.3 Å². The summed E-state index contributed by atoms with van der Waals surface area (Å²) in [5.41, 5.74) is 3.44. The number of hydrogen-bond donors (Lipinski definition) is 0. The lowest BCUT2D eigenvalue weighted by atomic mass is 10.1. The molecule has 3 heterocycles. The number of thiophene rings is 1. The first kappa shape index (κ1) is 19.2. The summed E-state index contributed by atoms with van der Waals surface area (Å²) in [6.45, 7) is 3.60. The van der Waals surface area contributed by atoms with Gasteiger partial charge < -0.3 is 14.5 Å². The van der Waals surface area contributed by atoms with E-state index < -0.39 is 0 Å². The Kier molecular flexibility index (Phi) is 5.19. The van der Waals surface area contributed by atoms with Gasteiger partial charge in [-0.25, -0.2) is 9.97 Å². The lowest BCUT2D eigenvalue weighted by Crippen LogP contribution is -2.47. The molecule has 0 spiro atoms. The maximum absolute atomic E-state index is 6.09. The molecular weight excluding hydrogens is 416 g/mol. The fourth-order valence-electron chi connectivity index (χ4n) is 3.99. The number of fused-ring (bicyclic) bond motifs is 1. The molecule has 0 unspecified atom stereocenters. The van der Waals surface area contributed by atoms with Gasteiger partial charge in [0.05, 0.1) is 18.2 Å². The summed E-state index contributed by atoms with van der Waals surface area (Å²) in [5, 5.41) is 4.02. The average Bonchev–Trinajstić information content (AvgIpc) is 3.24. The monoisotopic (exact) mass is 436 g/mol. The molecule has 2 aromatic heterocycles. The van der Waals surface area contributed by atoms with Crippen LogP contribution in [-0.4, -0.2) is 43.3 Å². The highest BCUT2D eigenvalue weighted by atomic mass is 35.5. The number of rotatable bonds is 4. The van der Waals surface area contributed by atoms with E-state index in [2.05, 4.69) is 44.4 Å². The van der Waals surface area contributed by atoms with Crippen molar-refractivity contribution in [3.05, 3.63) is 65.3 Å². The van der Waals surface area contributed by atoms with Gasteiger partial charge in [0, 0.05) is 42.1 Å². The van der Waals surface area contributed by atoms with Crippen molar-refractivity contribution >= 4 is 44.7 Å². The summed E-state index contributed by atoms with van der Waals surface area (Å²) in [6, 6.07) is 16.2. The van der Waals surface area contributed by atoms with Gasteiger partial charge in [0.25, 0.3) is 0 Å². The molecule has 7 heteroatoms. The summed E-state index contributed by atoms with van der Waals surface area (Å²) >= 11 is 7.74. The molecule has 5 nitrogen and oxygen atoms in total. The maximum atomic E-state index is 6.09. The van der Waals surface area contributed by atoms with Crippen LogP contribution < -0.4 is 14.5 Å². The van der Waals surface area contributed by atoms with E-state index in [9.17, 15) is 0 Å². The van der Waals surface area contributed by atoms with Crippen LogP contribution in [0.15, 0.2) is 60.2 Å². The molecule has 0 aliphatic carbocycles. The normalized spacial score (nSPS) is 14.3. The van der Waals surface area contributed by atoms with E-state index in [1.54, 1.807) is 24.8 Å². The van der Waals surface area contributed by atoms with E-state index >= 15 is 0 Å². The Hall–Kier alpha value is -2.83. The average molecular weight is 437 g/mol. The molecule has 1 fully saturated rings. The van der Waals surface area contributed by atoms with Crippen LogP contribution in [0.5, 0.6) is 5.75 Å². The van der Waals surface area contributed by atoms with E-state index in [0.29, 0.717) is 0 Å². The molecule has 0 atom stereocenters. The minimum absolute atomic E-state index is 0.738. The first-order valence-electron chi connectivity index (χ1n) is 9.85. The van der Waals surface area contributed by atoms with Crippen molar-refractivity contribution in [2.24, 2.45) is 0 Å². The summed E-state index contributed by atoms with van der Waals surface area (Å²) in [7, 11) is 1.72. The van der Waals surface area contributed by atoms with Crippen LogP contribution in [0.1, 0.15) is 0 Å². The van der Waals surface area contributed by atoms with Crippen molar-refractivity contribution in [1.82, 2.24) is 9.97 Å². The Morgan fingerprint density at radius 1 is 0.933 bits per heavy atom. The topological polar surface area (TPSA) is 41.5 Å². The number of nitrogens with zero attached hydrogens (tertiary/aromatic N) is 4. The molecule has 4 aromatic rings. The third-order valence-electron chi connectivity index (χ3n) is 5.51. The zero-order valence-corrected chi connectivity index (χ0v) is 18.2. The number of para-hydroxylation sites is 2. The number of benzene rings is 2. The second-order valence-electron chi connectivity index (χ2n) is 7.18. The smallest absolute Gasteiger partial charge is 0.142 e. The number of anilines is 2. The zero-order chi connectivity index (χ0) is 20.5. The highest BCUT2D eigenvalue weighted by Gasteiger charge is 2.23. The van der Waals surface area contributed by atoms with Gasteiger partial charge in [0.1, 0.15) is 22.7 Å². The highest BCUT2D eigenvalue weighted by molar-refractivity contribution is 7.17. The van der Waals surface area contributed by atoms with Gasteiger partial charge in [-0.2, -0.15) is 0 Å². The standard InChI is InChI=1S/C23H21ClN4OS/c1-29-20-5-3-2-4-19(20)27-10-12-28(13-11-27)22-21-18(14-30-23(21)26-15-25-22)16-6-8-17(24)9-7-16/h2-9,14-15H,10-13H2,1H3. The van der Waals surface area contributed by atoms with E-state index in [4.69, 9.17) is 21.3 Å². The van der Waals surface area contributed by atoms with Crippen molar-refractivity contribution in [3.63, 3.8) is 0 Å². The summed E-state index contributed by atoms with van der Waals surface area (Å²) in [4.78, 5) is 15.0. The quantitative estimate of drug-likeness (QED) is 0.431. The number of piperazine rings is 1. The Labute approximate surface area is 184 Å². The van der Waals surface area contributed by atoms with Gasteiger partial charge in [-0.1, -0.05) is 35.9 Å². The number of ether oxygens (including phenoxy) is 1. The molecule has 1 saturated heterocycles. The lowest BCUT2D eigenvalue weighted by Gasteiger charge is -2.37. The largest absolute Gasteiger partial charge is 0.495 e. The van der Waals surface area contributed by atoms with Gasteiger partial charge in [0.2, 0.25) is 0 Å². The third-order valence-corrected chi connectivity index (χ3v) is 6.65. The molecule has 0 bridgehead atoms. The van der Waals surface area contributed by atoms with Crippen LogP contribution in [0.25, 0.3) is 21.3 Å². The first-order valence-corrected chi connectivity index (χ1v) is 11.1. The minimum Gasteiger partial charge on any atom is -0.495 e. The van der Waals surface area contributed by atoms with Crippen LogP contribution in [0, 0.1) is 0 Å². The molecule has 0 radical (unpaired) electrons. The van der Waals surface area contributed by atoms with E-state index in [1.165, 1.54) is 0 Å². The van der Waals surface area contributed by atoms with Crippen LogP contribution >= 0.6 is 22.9 Å². The number of halogens is 1. The molecule has 1 aliphatic heterocycles. The maximum Gasteiger partial charge on any atom is 0.142 e. The SMILES string of the molecule is COc1ccccc1N1CCN(c2ncnc3scc(-c4ccc(Cl)cc4)c23)CC1. The molecule has 2 aromatic carbocycles. The molecular formula is C23H21ClN4OS. The predicted octanol–water partition coefficient (Wildman–Crippen LogP) is 5.35. The molecule has 0 amide bonds. The second-order valence-corrected chi connectivity index (χ2v) is 8.47. The summed E-state index contributed by atoms with van der Waals surface area (Å²) in [6.07, 6.45) is 1.67. The van der Waals surface area contributed by atoms with Gasteiger partial charge >= 0.3 is 0 Å². The molecule has 0 saturated carbocycles. The van der Waals surface area contributed by atoms with Crippen LogP contribution in [0.4, 0.5) is 11.5 Å². The van der Waals surface area contributed by atoms with Crippen molar-refractivity contribution in [1.29, 1.82) is 0 Å². The third kappa shape index (κ3) is 3.46. The van der Waals surface area contributed by atoms with Crippen LogP contribution in [0.3, 0.4) is 0 Å². The minimum atomic E-state index is 0.738. The fraction of sp³-hybridized carbons (Fsp3) is 0.217. The Bertz CT molecular complexity index is 1170. The van der Waals surface area contributed by atoms with Gasteiger partial charge in [-0.3, -0.25) is 0 Å².